The van der Waals surface area contributed by atoms with E-state index in [0.717, 1.165) is 13.2 Å². The van der Waals surface area contributed by atoms with Crippen molar-refractivity contribution in [2.75, 3.05) is 13.2 Å². The molecule has 7 heteroatoms. The van der Waals surface area contributed by atoms with Gasteiger partial charge in [0.05, 0.1) is 7.57 Å². The Bertz CT molecular complexity index is 571. The fourth-order valence-corrected chi connectivity index (χ4v) is 18.4. The van der Waals surface area contributed by atoms with Gasteiger partial charge in [-0.3, -0.25) is 0 Å². The Hall–Kier alpha value is 1.92. The molecule has 0 bridgehead atoms. The van der Waals surface area contributed by atoms with Crippen molar-refractivity contribution >= 4 is 97.1 Å². The second kappa shape index (κ2) is 11.8. The third kappa shape index (κ3) is 10.9. The van der Waals surface area contributed by atoms with Crippen molar-refractivity contribution in [3.8, 4) is 0 Å². The molecule has 3 rings (SSSR count). The molecule has 2 aromatic heterocycles. The number of thiophene rings is 2. The molecule has 1 fully saturated rings. The van der Waals surface area contributed by atoms with Crippen LogP contribution in [0.5, 0.6) is 0 Å². The van der Waals surface area contributed by atoms with Crippen LogP contribution in [0.25, 0.3) is 0 Å². The van der Waals surface area contributed by atoms with Crippen LogP contribution >= 0.6 is 54.5 Å². The summed E-state index contributed by atoms with van der Waals surface area (Å²) in [6, 6.07) is 8.85. The molecule has 0 amide bonds. The molecule has 0 unspecified atom stereocenters. The summed E-state index contributed by atoms with van der Waals surface area (Å²) in [4.78, 5) is 15.0. The second-order valence-electron chi connectivity index (χ2n) is 8.03. The van der Waals surface area contributed by atoms with E-state index in [1.807, 2.05) is 12.1 Å². The van der Waals surface area contributed by atoms with Gasteiger partial charge in [-0.2, -0.15) is 0 Å². The summed E-state index contributed by atoms with van der Waals surface area (Å²) in [5.74, 6) is 0. The first kappa shape index (κ1) is 25.0. The number of ether oxygens (including phenoxy) is 1. The SMILES string of the molecule is Brc1ccc(Br)s1.C1CCOC1.[CH3][Sn]([CH3])([CH3])[c]1cc[c]([Sn]([CH3])([CH3])[CH3])s1. The Labute approximate surface area is 187 Å². The van der Waals surface area contributed by atoms with Crippen LogP contribution < -0.4 is 5.79 Å². The van der Waals surface area contributed by atoms with Crippen LogP contribution in [0.15, 0.2) is 31.8 Å². The second-order valence-corrected chi connectivity index (χ2v) is 43.8. The molecular weight excluding hydrogens is 694 g/mol. The van der Waals surface area contributed by atoms with Gasteiger partial charge < -0.3 is 4.74 Å². The molecule has 2 aromatic rings. The van der Waals surface area contributed by atoms with Crippen molar-refractivity contribution in [2.45, 2.75) is 42.5 Å². The van der Waals surface area contributed by atoms with Crippen molar-refractivity contribution in [1.29, 1.82) is 0 Å². The maximum atomic E-state index is 4.94. The van der Waals surface area contributed by atoms with Gasteiger partial charge in [-0.05, 0) is 56.8 Å². The normalized spacial score (nSPS) is 14.4. The first-order valence-corrected chi connectivity index (χ1v) is 31.8. The van der Waals surface area contributed by atoms with E-state index >= 15 is 0 Å². The van der Waals surface area contributed by atoms with Crippen LogP contribution in [0.3, 0.4) is 0 Å². The molecule has 1 saturated heterocycles. The van der Waals surface area contributed by atoms with E-state index in [4.69, 9.17) is 4.74 Å². The average Bonchev–Trinajstić information content (AvgIpc) is 3.20. The zero-order valence-electron chi connectivity index (χ0n) is 16.1. The van der Waals surface area contributed by atoms with Crippen molar-refractivity contribution in [1.82, 2.24) is 0 Å². The van der Waals surface area contributed by atoms with E-state index < -0.39 is 36.8 Å². The number of halogens is 2. The van der Waals surface area contributed by atoms with Crippen molar-refractivity contribution < 1.29 is 4.74 Å². The quantitative estimate of drug-likeness (QED) is 0.307. The zero-order valence-corrected chi connectivity index (χ0v) is 26.6. The Kier molecular flexibility index (Phi) is 11.8. The standard InChI is InChI=1S/C4H2Br2S.C4H8O.C4H2S.6CH3.2Sn/c5-3-1-2-4(6)7-3;2*1-2-4-5-3-1;;;;;;;;/h1-2H;1-4H2;1-2H;6*1H3;;. The van der Waals surface area contributed by atoms with Gasteiger partial charge >= 0.3 is 95.6 Å². The zero-order chi connectivity index (χ0) is 19.1. The minimum atomic E-state index is -1.74. The Balaban J connectivity index is 0.000000215. The van der Waals surface area contributed by atoms with Gasteiger partial charge in [0.1, 0.15) is 0 Å². The molecule has 25 heavy (non-hydrogen) atoms. The van der Waals surface area contributed by atoms with E-state index in [-0.39, 0.29) is 0 Å². The topological polar surface area (TPSA) is 9.23 Å². The summed E-state index contributed by atoms with van der Waals surface area (Å²) >= 11 is 6.97. The summed E-state index contributed by atoms with van der Waals surface area (Å²) in [5, 5.41) is 0. The third-order valence-electron chi connectivity index (χ3n) is 3.45. The predicted octanol–water partition coefficient (Wildman–Crippen LogP) is 6.91. The van der Waals surface area contributed by atoms with Crippen molar-refractivity contribution in [2.24, 2.45) is 0 Å². The molecule has 0 atom stereocenters. The van der Waals surface area contributed by atoms with Crippen LogP contribution in [-0.2, 0) is 4.74 Å². The van der Waals surface area contributed by atoms with Crippen LogP contribution in [0.2, 0.25) is 29.6 Å². The Morgan fingerprint density at radius 2 is 1.12 bits per heavy atom. The van der Waals surface area contributed by atoms with Gasteiger partial charge in [0.15, 0.2) is 0 Å². The molecule has 1 aliphatic rings. The molecule has 0 aliphatic carbocycles. The summed E-state index contributed by atoms with van der Waals surface area (Å²) in [6.45, 7) is 2.00. The summed E-state index contributed by atoms with van der Waals surface area (Å²) < 4.78 is 10.8. The van der Waals surface area contributed by atoms with Gasteiger partial charge in [0.25, 0.3) is 0 Å². The fraction of sp³-hybridized carbons (Fsp3) is 0.556. The fourth-order valence-electron chi connectivity index (χ4n) is 1.95. The average molecular weight is 724 g/mol. The van der Waals surface area contributed by atoms with Gasteiger partial charge in [-0.15, -0.1) is 11.3 Å². The van der Waals surface area contributed by atoms with Gasteiger partial charge in [0, 0.05) is 13.2 Å². The first-order valence-electron chi connectivity index (χ1n) is 8.59. The molecule has 1 nitrogen and oxygen atoms in total. The Morgan fingerprint density at radius 3 is 1.28 bits per heavy atom. The molecule has 3 heterocycles. The van der Waals surface area contributed by atoms with E-state index in [1.54, 1.807) is 17.1 Å². The number of hydrogen-bond acceptors (Lipinski definition) is 3. The Morgan fingerprint density at radius 1 is 0.720 bits per heavy atom. The van der Waals surface area contributed by atoms with Crippen molar-refractivity contribution in [3.63, 3.8) is 0 Å². The molecule has 0 spiro atoms. The molecule has 0 radical (unpaired) electrons. The maximum absolute atomic E-state index is 4.94. The summed E-state index contributed by atoms with van der Waals surface area (Å²) in [7, 11) is 0. The van der Waals surface area contributed by atoms with Crippen molar-refractivity contribution in [3.05, 3.63) is 31.8 Å². The monoisotopic (exact) mass is 724 g/mol. The first-order chi connectivity index (χ1) is 11.5. The van der Waals surface area contributed by atoms with Gasteiger partial charge in [-0.25, -0.2) is 0 Å². The van der Waals surface area contributed by atoms with E-state index in [2.05, 4.69) is 85.0 Å². The summed E-state index contributed by atoms with van der Waals surface area (Å²) in [5.41, 5.74) is 0. The van der Waals surface area contributed by atoms with Crippen LogP contribution in [0.1, 0.15) is 12.8 Å². The van der Waals surface area contributed by atoms with E-state index in [9.17, 15) is 0 Å². The van der Waals surface area contributed by atoms with Gasteiger partial charge in [0.2, 0.25) is 0 Å². The van der Waals surface area contributed by atoms with E-state index in [0.29, 0.717) is 0 Å². The minimum absolute atomic E-state index is 1.00. The van der Waals surface area contributed by atoms with Crippen LogP contribution in [0, 0.1) is 0 Å². The van der Waals surface area contributed by atoms with E-state index in [1.165, 1.54) is 20.4 Å². The van der Waals surface area contributed by atoms with Crippen LogP contribution in [-0.4, -0.2) is 50.0 Å². The molecule has 0 saturated carbocycles. The predicted molar refractivity (Wildman–Crippen MR) is 130 cm³/mol. The number of hydrogen-bond donors (Lipinski definition) is 0. The third-order valence-corrected chi connectivity index (χ3v) is 25.7. The van der Waals surface area contributed by atoms with Crippen LogP contribution in [0.4, 0.5) is 0 Å². The molecule has 0 aromatic carbocycles. The van der Waals surface area contributed by atoms with Gasteiger partial charge in [-0.1, -0.05) is 0 Å². The molecular formula is C18H30Br2OS2Sn2. The molecule has 1 aliphatic heterocycles. The molecule has 0 N–H and O–H groups in total. The number of rotatable bonds is 2. The summed E-state index contributed by atoms with van der Waals surface area (Å²) in [6.07, 6.45) is 2.56. The molecule has 142 valence electrons.